The number of nitrogens with two attached hydrogens (primary N) is 2. The fourth-order valence-electron chi connectivity index (χ4n) is 6.73. The van der Waals surface area contributed by atoms with Crippen LogP contribution in [0.4, 0.5) is 0 Å². The SMILES string of the molecule is CC[C@H](C)[C@H](NC(=O)[C@H](Cc1cnc[nH]1)NC(=O)[C@H](CO)NC(=O)[C@H](CCSC)NC(=O)[C@H](Cc1ccccc1)NC(=O)[C@H](CO)NC(=O)[C@H](CCCCN)NC(=O)[C@@H](N)CC(C)C)C(=O)O. The van der Waals surface area contributed by atoms with Crippen molar-refractivity contribution in [3.05, 3.63) is 54.1 Å². The van der Waals surface area contributed by atoms with Crippen molar-refractivity contribution in [2.24, 2.45) is 23.3 Å². The fourth-order valence-corrected chi connectivity index (χ4v) is 7.20. The lowest BCUT2D eigenvalue weighted by Gasteiger charge is -2.27. The average molecular weight is 962 g/mol. The number of nitrogens with zero attached hydrogens (tertiary/aromatic N) is 1. The maximum atomic E-state index is 14.1. The number of imidazole rings is 1. The largest absolute Gasteiger partial charge is 0.480 e. The van der Waals surface area contributed by atoms with E-state index in [0.29, 0.717) is 49.2 Å². The number of carboxylic acids is 1. The zero-order valence-electron chi connectivity index (χ0n) is 38.9. The maximum absolute atomic E-state index is 14.1. The summed E-state index contributed by atoms with van der Waals surface area (Å²) in [6.45, 7) is 5.70. The number of aromatic amines is 1. The second kappa shape index (κ2) is 30.6. The quantitative estimate of drug-likeness (QED) is 0.0352. The molecule has 1 heterocycles. The molecule has 2 aromatic rings. The summed E-state index contributed by atoms with van der Waals surface area (Å²) < 4.78 is 0. The Kier molecular flexibility index (Phi) is 26.3. The van der Waals surface area contributed by atoms with Crippen molar-refractivity contribution < 1.29 is 53.7 Å². The minimum Gasteiger partial charge on any atom is -0.480 e. The van der Waals surface area contributed by atoms with E-state index in [1.807, 2.05) is 13.8 Å². The van der Waals surface area contributed by atoms with Gasteiger partial charge >= 0.3 is 5.97 Å². The molecule has 2 rings (SSSR count). The van der Waals surface area contributed by atoms with Crippen LogP contribution in [-0.4, -0.2) is 153 Å². The van der Waals surface area contributed by atoms with Crippen LogP contribution in [0.2, 0.25) is 0 Å². The Hall–Kier alpha value is -5.62. The molecule has 67 heavy (non-hydrogen) atoms. The second-order valence-corrected chi connectivity index (χ2v) is 17.7. The number of aliphatic hydroxyl groups excluding tert-OH is 2. The Morgan fingerprint density at radius 3 is 1.67 bits per heavy atom. The molecule has 1 aromatic heterocycles. The molecule has 0 fully saturated rings. The van der Waals surface area contributed by atoms with Gasteiger partial charge in [0.05, 0.1) is 25.6 Å². The van der Waals surface area contributed by atoms with E-state index in [-0.39, 0.29) is 31.6 Å². The third-order valence-electron chi connectivity index (χ3n) is 10.8. The summed E-state index contributed by atoms with van der Waals surface area (Å²) >= 11 is 1.35. The number of benzene rings is 1. The first-order valence-electron chi connectivity index (χ1n) is 22.4. The molecule has 0 aliphatic carbocycles. The van der Waals surface area contributed by atoms with Gasteiger partial charge in [-0.05, 0) is 68.1 Å². The van der Waals surface area contributed by atoms with Crippen LogP contribution in [-0.2, 0) is 51.2 Å². The van der Waals surface area contributed by atoms with Crippen molar-refractivity contribution in [3.63, 3.8) is 0 Å². The van der Waals surface area contributed by atoms with Gasteiger partial charge in [0.2, 0.25) is 41.4 Å². The summed E-state index contributed by atoms with van der Waals surface area (Å²) in [4.78, 5) is 114. The molecule has 7 amide bonds. The van der Waals surface area contributed by atoms with Gasteiger partial charge in [-0.25, -0.2) is 9.78 Å². The molecule has 0 radical (unpaired) electrons. The molecule has 9 atom stereocenters. The number of aromatic nitrogens is 2. The third kappa shape index (κ3) is 20.4. The van der Waals surface area contributed by atoms with E-state index >= 15 is 0 Å². The van der Waals surface area contributed by atoms with Crippen molar-refractivity contribution in [1.29, 1.82) is 0 Å². The van der Waals surface area contributed by atoms with Crippen LogP contribution < -0.4 is 48.7 Å². The van der Waals surface area contributed by atoms with Crippen molar-refractivity contribution in [1.82, 2.24) is 47.2 Å². The van der Waals surface area contributed by atoms with E-state index in [2.05, 4.69) is 47.2 Å². The Labute approximate surface area is 395 Å². The molecule has 0 spiro atoms. The highest BCUT2D eigenvalue weighted by atomic mass is 32.2. The Morgan fingerprint density at radius 1 is 0.687 bits per heavy atom. The molecule has 0 aliphatic rings. The van der Waals surface area contributed by atoms with Gasteiger partial charge in [-0.15, -0.1) is 0 Å². The number of carbonyl (C=O) groups is 8. The van der Waals surface area contributed by atoms with Crippen LogP contribution in [0, 0.1) is 11.8 Å². The lowest BCUT2D eigenvalue weighted by Crippen LogP contribution is -2.61. The predicted octanol–water partition coefficient (Wildman–Crippen LogP) is -2.04. The van der Waals surface area contributed by atoms with Crippen LogP contribution in [0.15, 0.2) is 42.9 Å². The number of aliphatic hydroxyl groups is 2. The fraction of sp³-hybridized carbons (Fsp3) is 0.614. The number of nitrogens with one attached hydrogen (secondary N) is 8. The molecule has 1 aromatic carbocycles. The van der Waals surface area contributed by atoms with Gasteiger partial charge in [0, 0.05) is 24.7 Å². The summed E-state index contributed by atoms with van der Waals surface area (Å²) in [6.07, 6.45) is 6.22. The number of carbonyl (C=O) groups excluding carboxylic acids is 7. The lowest BCUT2D eigenvalue weighted by molar-refractivity contribution is -0.144. The van der Waals surface area contributed by atoms with Gasteiger partial charge in [-0.2, -0.15) is 11.8 Å². The van der Waals surface area contributed by atoms with Gasteiger partial charge in [0.15, 0.2) is 0 Å². The van der Waals surface area contributed by atoms with Crippen LogP contribution >= 0.6 is 11.8 Å². The van der Waals surface area contributed by atoms with E-state index in [1.54, 1.807) is 50.4 Å². The standard InChI is InChI=1S/C44H71N11O11S/c1-6-26(4)36(44(65)66)55-41(62)33(20-28-21-47-24-48-28)52-43(64)35(23-57)54-39(60)31(15-17-67-5)50-40(61)32(19-27-12-8-7-9-13-27)51-42(63)34(22-56)53-38(59)30(14-10-11-16-45)49-37(58)29(46)18-25(2)3/h7-9,12-13,21,24-26,29-36,56-57H,6,10-11,14-20,22-23,45-46H2,1-5H3,(H,47,48)(H,49,58)(H,50,61)(H,51,63)(H,52,64)(H,53,59)(H,54,60)(H,55,62)(H,65,66)/t26-,29-,30-,31-,32-,33-,34-,35-,36-/m0/s1. The van der Waals surface area contributed by atoms with Crippen molar-refractivity contribution in [2.75, 3.05) is 31.8 Å². The Balaban J connectivity index is 2.33. The van der Waals surface area contributed by atoms with E-state index in [9.17, 15) is 53.7 Å². The zero-order chi connectivity index (χ0) is 50.1. The number of aliphatic carboxylic acids is 1. The number of amides is 7. The maximum Gasteiger partial charge on any atom is 0.326 e. The summed E-state index contributed by atoms with van der Waals surface area (Å²) in [6, 6.07) is -2.06. The van der Waals surface area contributed by atoms with Crippen molar-refractivity contribution in [3.8, 4) is 0 Å². The molecule has 0 bridgehead atoms. The van der Waals surface area contributed by atoms with Gasteiger partial charge in [0.1, 0.15) is 42.3 Å². The first-order chi connectivity index (χ1) is 31.9. The number of thioether (sulfide) groups is 1. The summed E-state index contributed by atoms with van der Waals surface area (Å²) in [5.41, 5.74) is 12.7. The number of hydrogen-bond acceptors (Lipinski definition) is 14. The van der Waals surface area contributed by atoms with Crippen LogP contribution in [0.25, 0.3) is 0 Å². The van der Waals surface area contributed by atoms with E-state index in [1.165, 1.54) is 24.3 Å². The van der Waals surface area contributed by atoms with Gasteiger partial charge in [-0.1, -0.05) is 64.4 Å². The number of rotatable bonds is 32. The topological polar surface area (TPSA) is 362 Å². The summed E-state index contributed by atoms with van der Waals surface area (Å²) in [7, 11) is 0. The van der Waals surface area contributed by atoms with Gasteiger partial charge in [0.25, 0.3) is 0 Å². The number of unbranched alkanes of at least 4 members (excludes halogenated alkanes) is 1. The molecule has 0 aliphatic heterocycles. The number of hydrogen-bond donors (Lipinski definition) is 13. The molecule has 0 unspecified atom stereocenters. The van der Waals surface area contributed by atoms with Crippen molar-refractivity contribution in [2.45, 2.75) is 127 Å². The highest BCUT2D eigenvalue weighted by Crippen LogP contribution is 2.12. The van der Waals surface area contributed by atoms with Crippen molar-refractivity contribution >= 4 is 59.1 Å². The number of H-pyrrole nitrogens is 1. The third-order valence-corrected chi connectivity index (χ3v) is 11.5. The molecule has 0 saturated carbocycles. The molecular weight excluding hydrogens is 891 g/mol. The summed E-state index contributed by atoms with van der Waals surface area (Å²) in [5, 5.41) is 48.1. The molecular formula is C44H71N11O11S. The first kappa shape index (κ1) is 57.5. The first-order valence-corrected chi connectivity index (χ1v) is 23.8. The van der Waals surface area contributed by atoms with Gasteiger partial charge < -0.3 is 69.0 Å². The van der Waals surface area contributed by atoms with E-state index in [4.69, 9.17) is 11.5 Å². The van der Waals surface area contributed by atoms with E-state index in [0.717, 1.165) is 0 Å². The minimum atomic E-state index is -1.65. The Bertz CT molecular complexity index is 1880. The van der Waals surface area contributed by atoms with Crippen LogP contribution in [0.1, 0.15) is 77.5 Å². The van der Waals surface area contributed by atoms with E-state index < -0.39 is 115 Å². The summed E-state index contributed by atoms with van der Waals surface area (Å²) in [5.74, 6) is -7.17. The second-order valence-electron chi connectivity index (χ2n) is 16.7. The highest BCUT2D eigenvalue weighted by molar-refractivity contribution is 7.98. The molecule has 23 heteroatoms. The lowest BCUT2D eigenvalue weighted by atomic mass is 9.98. The number of carboxylic acid groups (broad SMARTS) is 1. The normalized spacial score (nSPS) is 15.3. The minimum absolute atomic E-state index is 0.0228. The zero-order valence-corrected chi connectivity index (χ0v) is 39.7. The Morgan fingerprint density at radius 2 is 1.18 bits per heavy atom. The molecule has 0 saturated heterocycles. The monoisotopic (exact) mass is 962 g/mol. The highest BCUT2D eigenvalue weighted by Gasteiger charge is 2.35. The molecule has 15 N–H and O–H groups in total. The van der Waals surface area contributed by atoms with Crippen LogP contribution in [0.5, 0.6) is 0 Å². The average Bonchev–Trinajstić information content (AvgIpc) is 3.82. The smallest absolute Gasteiger partial charge is 0.326 e. The molecule has 22 nitrogen and oxygen atoms in total. The predicted molar refractivity (Wildman–Crippen MR) is 251 cm³/mol. The van der Waals surface area contributed by atoms with Gasteiger partial charge in [-0.3, -0.25) is 33.6 Å². The molecule has 374 valence electrons. The van der Waals surface area contributed by atoms with Crippen LogP contribution in [0.3, 0.4) is 0 Å².